The minimum Gasteiger partial charge on any atom is -0.288 e. The first-order chi connectivity index (χ1) is 9.25. The molecule has 19 heavy (non-hydrogen) atoms. The number of fused-ring (bicyclic) bond motifs is 5. The van der Waals surface area contributed by atoms with Crippen molar-refractivity contribution in [3.8, 4) is 11.3 Å². The molecule has 0 atom stereocenters. The highest BCUT2D eigenvalue weighted by Gasteiger charge is 2.31. The normalized spacial score (nSPS) is 13.9. The van der Waals surface area contributed by atoms with E-state index in [1.54, 1.807) is 12.1 Å². The van der Waals surface area contributed by atoms with Crippen LogP contribution in [0.2, 0.25) is 0 Å². The molecule has 3 aliphatic rings. The van der Waals surface area contributed by atoms with Crippen molar-refractivity contribution in [3.63, 3.8) is 0 Å². The van der Waals surface area contributed by atoms with Gasteiger partial charge in [0.2, 0.25) is 0 Å². The van der Waals surface area contributed by atoms with Crippen LogP contribution in [0.5, 0.6) is 0 Å². The second-order valence-corrected chi connectivity index (χ2v) is 4.49. The second kappa shape index (κ2) is 3.38. The Morgan fingerprint density at radius 3 is 2.58 bits per heavy atom. The summed E-state index contributed by atoms with van der Waals surface area (Å²) in [5.41, 5.74) is 3.15. The van der Waals surface area contributed by atoms with Gasteiger partial charge in [-0.1, -0.05) is 24.3 Å². The quantitative estimate of drug-likeness (QED) is 0.620. The monoisotopic (exact) mass is 248 g/mol. The summed E-state index contributed by atoms with van der Waals surface area (Å²) in [6.07, 6.45) is 0. The Morgan fingerprint density at radius 1 is 0.842 bits per heavy atom. The molecule has 0 unspecified atom stereocenters. The maximum atomic E-state index is 12.0. The van der Waals surface area contributed by atoms with Crippen molar-refractivity contribution in [1.82, 2.24) is 10.3 Å². The van der Waals surface area contributed by atoms with Crippen molar-refractivity contribution in [2.45, 2.75) is 0 Å². The zero-order valence-corrected chi connectivity index (χ0v) is 9.81. The van der Waals surface area contributed by atoms with Crippen molar-refractivity contribution in [1.29, 1.82) is 0 Å². The van der Waals surface area contributed by atoms with Gasteiger partial charge in [-0.15, -0.1) is 0 Å². The number of aromatic nitrogens is 1. The van der Waals surface area contributed by atoms with Gasteiger partial charge in [0.1, 0.15) is 0 Å². The first-order valence-corrected chi connectivity index (χ1v) is 5.93. The molecule has 1 aromatic rings. The van der Waals surface area contributed by atoms with E-state index in [1.165, 1.54) is 0 Å². The second-order valence-electron chi connectivity index (χ2n) is 4.49. The molecule has 1 N–H and O–H groups in total. The van der Waals surface area contributed by atoms with Crippen LogP contribution < -0.4 is 5.32 Å². The number of rotatable bonds is 0. The smallest absolute Gasteiger partial charge is 0.259 e. The molecule has 2 aliphatic heterocycles. The zero-order chi connectivity index (χ0) is 13.0. The number of imide groups is 1. The molecule has 0 saturated carbocycles. The third kappa shape index (κ3) is 1.25. The van der Waals surface area contributed by atoms with Crippen LogP contribution in [0.25, 0.3) is 22.2 Å². The van der Waals surface area contributed by atoms with Crippen molar-refractivity contribution in [2.75, 3.05) is 0 Å². The molecule has 1 aliphatic carbocycles. The van der Waals surface area contributed by atoms with Gasteiger partial charge in [-0.25, -0.2) is 4.98 Å². The van der Waals surface area contributed by atoms with Crippen molar-refractivity contribution in [3.05, 3.63) is 53.6 Å². The van der Waals surface area contributed by atoms with Gasteiger partial charge in [0.15, 0.2) is 0 Å². The van der Waals surface area contributed by atoms with Crippen LogP contribution in [0.15, 0.2) is 42.5 Å². The predicted octanol–water partition coefficient (Wildman–Crippen LogP) is 2.22. The zero-order valence-electron chi connectivity index (χ0n) is 9.81. The summed E-state index contributed by atoms with van der Waals surface area (Å²) in [5.74, 6) is -0.692. The summed E-state index contributed by atoms with van der Waals surface area (Å²) >= 11 is 0. The molecule has 4 heteroatoms. The third-order valence-electron chi connectivity index (χ3n) is 3.41. The fourth-order valence-corrected chi connectivity index (χ4v) is 2.60. The van der Waals surface area contributed by atoms with Gasteiger partial charge in [-0.2, -0.15) is 0 Å². The minimum atomic E-state index is -0.348. The standard InChI is InChI=1S/C15H8N2O2/c18-14-9-5-3-7-11-12(13(9)15(19)17-14)8-4-1-2-6-10(8)16-11/h1-7H,(H,17,18,19). The molecule has 0 fully saturated rings. The first-order valence-electron chi connectivity index (χ1n) is 5.93. The molecule has 2 amide bonds. The number of para-hydroxylation sites is 1. The lowest BCUT2D eigenvalue weighted by atomic mass is 10.0. The number of carbonyl (C=O) groups is 2. The van der Waals surface area contributed by atoms with Crippen LogP contribution in [0.3, 0.4) is 0 Å². The highest BCUT2D eigenvalue weighted by molar-refractivity contribution is 6.26. The van der Waals surface area contributed by atoms with Gasteiger partial charge in [0, 0.05) is 10.9 Å². The van der Waals surface area contributed by atoms with Crippen LogP contribution in [0.4, 0.5) is 0 Å². The molecule has 1 aromatic carbocycles. The van der Waals surface area contributed by atoms with E-state index in [-0.39, 0.29) is 11.8 Å². The Hall–Kier alpha value is -2.75. The molecule has 4 nitrogen and oxygen atoms in total. The Labute approximate surface area is 108 Å². The van der Waals surface area contributed by atoms with Gasteiger partial charge >= 0.3 is 0 Å². The largest absolute Gasteiger partial charge is 0.288 e. The van der Waals surface area contributed by atoms with Crippen LogP contribution in [0, 0.1) is 0 Å². The van der Waals surface area contributed by atoms with E-state index in [2.05, 4.69) is 10.3 Å². The number of hydrogen-bond acceptors (Lipinski definition) is 3. The summed E-state index contributed by atoms with van der Waals surface area (Å²) in [5, 5.41) is 3.24. The van der Waals surface area contributed by atoms with E-state index in [1.807, 2.05) is 30.3 Å². The van der Waals surface area contributed by atoms with Crippen LogP contribution in [-0.2, 0) is 0 Å². The molecule has 4 rings (SSSR count). The molecule has 0 bridgehead atoms. The van der Waals surface area contributed by atoms with Crippen molar-refractivity contribution >= 4 is 22.7 Å². The van der Waals surface area contributed by atoms with Crippen molar-refractivity contribution in [2.24, 2.45) is 0 Å². The minimum absolute atomic E-state index is 0.345. The molecule has 2 heterocycles. The van der Waals surface area contributed by atoms with Crippen LogP contribution in [0.1, 0.15) is 20.7 Å². The van der Waals surface area contributed by atoms with Crippen molar-refractivity contribution < 1.29 is 9.59 Å². The summed E-state index contributed by atoms with van der Waals surface area (Å²) in [6, 6.07) is 12.9. The maximum Gasteiger partial charge on any atom is 0.259 e. The van der Waals surface area contributed by atoms with E-state index < -0.39 is 0 Å². The highest BCUT2D eigenvalue weighted by atomic mass is 16.2. The average molecular weight is 248 g/mol. The van der Waals surface area contributed by atoms with E-state index in [9.17, 15) is 9.59 Å². The molecule has 0 radical (unpaired) electrons. The predicted molar refractivity (Wildman–Crippen MR) is 70.2 cm³/mol. The fourth-order valence-electron chi connectivity index (χ4n) is 2.60. The van der Waals surface area contributed by atoms with E-state index >= 15 is 0 Å². The highest BCUT2D eigenvalue weighted by Crippen LogP contribution is 2.36. The Bertz CT molecular complexity index is 839. The molecule has 0 aromatic heterocycles. The molecule has 90 valence electrons. The first kappa shape index (κ1) is 10.2. The topological polar surface area (TPSA) is 59.1 Å². The van der Waals surface area contributed by atoms with E-state index in [4.69, 9.17) is 0 Å². The van der Waals surface area contributed by atoms with Gasteiger partial charge in [0.25, 0.3) is 11.8 Å². The van der Waals surface area contributed by atoms with E-state index in [0.29, 0.717) is 11.1 Å². The van der Waals surface area contributed by atoms with Crippen LogP contribution >= 0.6 is 0 Å². The number of hydrogen-bond donors (Lipinski definition) is 1. The number of nitrogens with one attached hydrogen (secondary N) is 1. The SMILES string of the molecule is O=C1NC(=O)c2c1cccc1nc3ccccc3c2-1. The Morgan fingerprint density at radius 2 is 1.68 bits per heavy atom. The molecule has 0 saturated heterocycles. The molecular formula is C15H8N2O2. The lowest BCUT2D eigenvalue weighted by Gasteiger charge is -1.97. The summed E-state index contributed by atoms with van der Waals surface area (Å²) in [6.45, 7) is 0. The van der Waals surface area contributed by atoms with E-state index in [0.717, 1.165) is 22.2 Å². The number of nitrogens with zero attached hydrogens (tertiary/aromatic N) is 1. The summed E-state index contributed by atoms with van der Waals surface area (Å²) in [7, 11) is 0. The summed E-state index contributed by atoms with van der Waals surface area (Å²) < 4.78 is 0. The molecular weight excluding hydrogens is 240 g/mol. The lowest BCUT2D eigenvalue weighted by Crippen LogP contribution is -2.20. The third-order valence-corrected chi connectivity index (χ3v) is 3.41. The average Bonchev–Trinajstić information content (AvgIpc) is 2.80. The Kier molecular flexibility index (Phi) is 1.82. The fraction of sp³-hybridized carbons (Fsp3) is 0. The number of carbonyl (C=O) groups excluding carboxylic acids is 2. The number of benzene rings is 1. The van der Waals surface area contributed by atoms with Crippen LogP contribution in [-0.4, -0.2) is 16.8 Å². The Balaban J connectivity index is 2.26. The summed E-state index contributed by atoms with van der Waals surface area (Å²) in [4.78, 5) is 28.3. The van der Waals surface area contributed by atoms with Gasteiger partial charge < -0.3 is 0 Å². The van der Waals surface area contributed by atoms with Gasteiger partial charge in [-0.05, 0) is 18.2 Å². The maximum absolute atomic E-state index is 12.0. The number of amides is 2. The van der Waals surface area contributed by atoms with Gasteiger partial charge in [0.05, 0.1) is 22.3 Å². The lowest BCUT2D eigenvalue weighted by molar-refractivity contribution is 0.0880. The van der Waals surface area contributed by atoms with Gasteiger partial charge in [-0.3, -0.25) is 14.9 Å². The molecule has 0 spiro atoms.